The highest BCUT2D eigenvalue weighted by Crippen LogP contribution is 2.35. The Balaban J connectivity index is 2.91. The molecule has 0 aromatic heterocycles. The maximum Gasteiger partial charge on any atom is 0.262 e. The molecule has 1 rings (SSSR count). The zero-order chi connectivity index (χ0) is 14.8. The molecule has 0 saturated carbocycles. The monoisotopic (exact) mass is 344 g/mol. The molecule has 1 aromatic carbocycles. The first-order chi connectivity index (χ1) is 8.50. The zero-order valence-corrected chi connectivity index (χ0v) is 13.9. The van der Waals surface area contributed by atoms with Crippen molar-refractivity contribution in [2.24, 2.45) is 5.41 Å². The van der Waals surface area contributed by atoms with Gasteiger partial charge in [-0.3, -0.25) is 0 Å². The van der Waals surface area contributed by atoms with Crippen LogP contribution in [0.2, 0.25) is 10.0 Å². The highest BCUT2D eigenvalue weighted by molar-refractivity contribution is 8.13. The van der Waals surface area contributed by atoms with E-state index in [1.54, 1.807) is 0 Å². The van der Waals surface area contributed by atoms with Gasteiger partial charge in [0.2, 0.25) is 0 Å². The summed E-state index contributed by atoms with van der Waals surface area (Å²) in [7, 11) is 1.32. The standard InChI is InChI=1S/C12H15Cl3O3S/c1-12(2,3)4-5-18-10-6-9(14)11(7-8(10)13)19(15,16)17/h6-7H,4-5H2,1-3H3. The molecule has 0 bridgehead atoms. The van der Waals surface area contributed by atoms with E-state index in [9.17, 15) is 8.42 Å². The maximum atomic E-state index is 11.2. The second kappa shape index (κ2) is 6.08. The van der Waals surface area contributed by atoms with Gasteiger partial charge >= 0.3 is 0 Å². The number of halogens is 3. The van der Waals surface area contributed by atoms with E-state index in [2.05, 4.69) is 20.8 Å². The van der Waals surface area contributed by atoms with Crippen LogP contribution in [0.1, 0.15) is 27.2 Å². The fourth-order valence-corrected chi connectivity index (χ4v) is 3.07. The van der Waals surface area contributed by atoms with Crippen LogP contribution in [0.25, 0.3) is 0 Å². The average Bonchev–Trinajstić information content (AvgIpc) is 2.19. The van der Waals surface area contributed by atoms with Crippen molar-refractivity contribution >= 4 is 42.9 Å². The highest BCUT2D eigenvalue weighted by Gasteiger charge is 2.18. The van der Waals surface area contributed by atoms with E-state index in [-0.39, 0.29) is 20.4 Å². The van der Waals surface area contributed by atoms with E-state index in [0.717, 1.165) is 6.42 Å². The predicted molar refractivity (Wildman–Crippen MR) is 79.1 cm³/mol. The predicted octanol–water partition coefficient (Wildman–Crippen LogP) is 4.74. The summed E-state index contributed by atoms with van der Waals surface area (Å²) in [6.07, 6.45) is 0.830. The second-order valence-corrected chi connectivity index (χ2v) is 8.66. The minimum atomic E-state index is -3.92. The third-order valence-corrected chi connectivity index (χ3v) is 4.44. The number of rotatable bonds is 4. The van der Waals surface area contributed by atoms with Gasteiger partial charge in [0.1, 0.15) is 10.6 Å². The lowest BCUT2D eigenvalue weighted by Crippen LogP contribution is -2.11. The van der Waals surface area contributed by atoms with Gasteiger partial charge in [0.25, 0.3) is 9.05 Å². The quantitative estimate of drug-likeness (QED) is 0.740. The minimum Gasteiger partial charge on any atom is -0.492 e. The third-order valence-electron chi connectivity index (χ3n) is 2.36. The summed E-state index contributed by atoms with van der Waals surface area (Å²) in [5, 5.41) is 0.155. The number of hydrogen-bond acceptors (Lipinski definition) is 3. The molecule has 0 fully saturated rings. The van der Waals surface area contributed by atoms with Crippen LogP contribution >= 0.6 is 33.9 Å². The topological polar surface area (TPSA) is 43.4 Å². The molecule has 0 saturated heterocycles. The first-order valence-corrected chi connectivity index (χ1v) is 8.64. The molecular weight excluding hydrogens is 331 g/mol. The summed E-state index contributed by atoms with van der Waals surface area (Å²) in [6.45, 7) is 6.74. The molecule has 0 aliphatic rings. The molecule has 0 aliphatic carbocycles. The van der Waals surface area contributed by atoms with Crippen LogP contribution in [0.4, 0.5) is 0 Å². The summed E-state index contributed by atoms with van der Waals surface area (Å²) in [5.74, 6) is 0.347. The van der Waals surface area contributed by atoms with Gasteiger partial charge < -0.3 is 4.74 Å². The lowest BCUT2D eigenvalue weighted by Gasteiger charge is -2.18. The Bertz CT molecular complexity index is 562. The fourth-order valence-electron chi connectivity index (χ4n) is 1.27. The Morgan fingerprint density at radius 2 is 1.74 bits per heavy atom. The number of ether oxygens (including phenoxy) is 1. The molecule has 7 heteroatoms. The van der Waals surface area contributed by atoms with Crippen molar-refractivity contribution in [2.75, 3.05) is 6.61 Å². The summed E-state index contributed by atoms with van der Waals surface area (Å²) in [5.41, 5.74) is 0.135. The molecule has 0 aliphatic heterocycles. The minimum absolute atomic E-state index is 0.00911. The van der Waals surface area contributed by atoms with Crippen LogP contribution in [0, 0.1) is 5.41 Å². The van der Waals surface area contributed by atoms with E-state index in [0.29, 0.717) is 12.4 Å². The molecule has 0 heterocycles. The van der Waals surface area contributed by atoms with Gasteiger partial charge in [0.15, 0.2) is 0 Å². The molecule has 0 unspecified atom stereocenters. The lowest BCUT2D eigenvalue weighted by molar-refractivity contribution is 0.243. The third kappa shape index (κ3) is 5.38. The highest BCUT2D eigenvalue weighted by atomic mass is 35.7. The van der Waals surface area contributed by atoms with Gasteiger partial charge in [-0.2, -0.15) is 0 Å². The summed E-state index contributed by atoms with van der Waals surface area (Å²) in [6, 6.07) is 2.56. The first-order valence-electron chi connectivity index (χ1n) is 5.57. The van der Waals surface area contributed by atoms with E-state index < -0.39 is 9.05 Å². The lowest BCUT2D eigenvalue weighted by atomic mass is 9.93. The molecule has 1 aromatic rings. The molecule has 108 valence electrons. The molecule has 0 radical (unpaired) electrons. The van der Waals surface area contributed by atoms with Crippen molar-refractivity contribution in [3.63, 3.8) is 0 Å². The summed E-state index contributed by atoms with van der Waals surface area (Å²) >= 11 is 11.8. The van der Waals surface area contributed by atoms with Crippen molar-refractivity contribution in [3.8, 4) is 5.75 Å². The molecule has 0 amide bonds. The molecule has 0 atom stereocenters. The molecule has 0 N–H and O–H groups in total. The van der Waals surface area contributed by atoms with E-state index in [1.807, 2.05) is 0 Å². The van der Waals surface area contributed by atoms with Crippen LogP contribution in [-0.2, 0) is 9.05 Å². The normalized spacial score (nSPS) is 12.5. The summed E-state index contributed by atoms with van der Waals surface area (Å²) < 4.78 is 28.0. The molecule has 3 nitrogen and oxygen atoms in total. The van der Waals surface area contributed by atoms with Crippen molar-refractivity contribution in [2.45, 2.75) is 32.1 Å². The van der Waals surface area contributed by atoms with Crippen molar-refractivity contribution in [1.82, 2.24) is 0 Å². The van der Waals surface area contributed by atoms with Crippen LogP contribution < -0.4 is 4.74 Å². The van der Waals surface area contributed by atoms with Crippen LogP contribution in [0.15, 0.2) is 17.0 Å². The van der Waals surface area contributed by atoms with E-state index in [1.165, 1.54) is 12.1 Å². The molecule has 19 heavy (non-hydrogen) atoms. The van der Waals surface area contributed by atoms with Gasteiger partial charge in [-0.1, -0.05) is 44.0 Å². The average molecular weight is 346 g/mol. The molecule has 0 spiro atoms. The molecular formula is C12H15Cl3O3S. The zero-order valence-electron chi connectivity index (χ0n) is 10.8. The summed E-state index contributed by atoms with van der Waals surface area (Å²) in [4.78, 5) is -0.219. The smallest absolute Gasteiger partial charge is 0.262 e. The van der Waals surface area contributed by atoms with Gasteiger partial charge in [0.05, 0.1) is 16.7 Å². The Morgan fingerprint density at radius 3 is 2.21 bits per heavy atom. The van der Waals surface area contributed by atoms with E-state index >= 15 is 0 Å². The van der Waals surface area contributed by atoms with E-state index in [4.69, 9.17) is 38.6 Å². The van der Waals surface area contributed by atoms with Crippen LogP contribution in [0.3, 0.4) is 0 Å². The van der Waals surface area contributed by atoms with Gasteiger partial charge in [-0.05, 0) is 17.9 Å². The van der Waals surface area contributed by atoms with Crippen LogP contribution in [0.5, 0.6) is 5.75 Å². The van der Waals surface area contributed by atoms with Crippen molar-refractivity contribution in [3.05, 3.63) is 22.2 Å². The Hall–Kier alpha value is -0.160. The van der Waals surface area contributed by atoms with Gasteiger partial charge in [0, 0.05) is 16.7 Å². The van der Waals surface area contributed by atoms with Gasteiger partial charge in [-0.25, -0.2) is 8.42 Å². The second-order valence-electron chi connectivity index (χ2n) is 5.31. The van der Waals surface area contributed by atoms with Crippen molar-refractivity contribution < 1.29 is 13.2 Å². The first kappa shape index (κ1) is 16.9. The number of hydrogen-bond donors (Lipinski definition) is 0. The Morgan fingerprint density at radius 1 is 1.16 bits per heavy atom. The van der Waals surface area contributed by atoms with Gasteiger partial charge in [-0.15, -0.1) is 0 Å². The maximum absolute atomic E-state index is 11.2. The van der Waals surface area contributed by atoms with Crippen LogP contribution in [-0.4, -0.2) is 15.0 Å². The number of benzene rings is 1. The Labute approximate surface area is 128 Å². The Kier molecular flexibility index (Phi) is 5.41. The SMILES string of the molecule is CC(C)(C)CCOc1cc(Cl)c(S(=O)(=O)Cl)cc1Cl. The fraction of sp³-hybridized carbons (Fsp3) is 0.500. The van der Waals surface area contributed by atoms with Crippen molar-refractivity contribution in [1.29, 1.82) is 0 Å². The largest absolute Gasteiger partial charge is 0.492 e.